The van der Waals surface area contributed by atoms with Crippen LogP contribution in [0.1, 0.15) is 0 Å². The zero-order valence-electron chi connectivity index (χ0n) is 9.36. The van der Waals surface area contributed by atoms with Crippen molar-refractivity contribution in [3.63, 3.8) is 0 Å². The Kier molecular flexibility index (Phi) is 2.90. The molecule has 3 rings (SSSR count). The van der Waals surface area contributed by atoms with E-state index in [1.807, 2.05) is 48.7 Å². The summed E-state index contributed by atoms with van der Waals surface area (Å²) in [5.74, 6) is 0. The molecule has 0 aliphatic carbocycles. The van der Waals surface area contributed by atoms with Crippen LogP contribution in [0.2, 0.25) is 0 Å². The Balaban J connectivity index is 2.03. The lowest BCUT2D eigenvalue weighted by molar-refractivity contribution is 0.801. The van der Waals surface area contributed by atoms with E-state index in [2.05, 4.69) is 31.2 Å². The molecule has 0 aliphatic rings. The molecule has 1 aromatic carbocycles. The molecule has 5 heteroatoms. The summed E-state index contributed by atoms with van der Waals surface area (Å²) in [6.45, 7) is 0. The number of halogens is 1. The number of hydrogen-bond acceptors (Lipinski definition) is 3. The summed E-state index contributed by atoms with van der Waals surface area (Å²) in [4.78, 5) is 4.25. The fourth-order valence-electron chi connectivity index (χ4n) is 1.65. The number of aromatic nitrogens is 4. The van der Waals surface area contributed by atoms with Crippen molar-refractivity contribution in [2.45, 2.75) is 0 Å². The van der Waals surface area contributed by atoms with Crippen molar-refractivity contribution < 1.29 is 0 Å². The van der Waals surface area contributed by atoms with Gasteiger partial charge in [0.15, 0.2) is 0 Å². The topological polar surface area (TPSA) is 43.6 Å². The Hall–Kier alpha value is -2.01. The Bertz CT molecular complexity index is 664. The van der Waals surface area contributed by atoms with Crippen molar-refractivity contribution in [1.29, 1.82) is 0 Å². The normalized spacial score (nSPS) is 10.5. The van der Waals surface area contributed by atoms with Crippen LogP contribution in [0.4, 0.5) is 0 Å². The molecule has 0 spiro atoms. The molecule has 0 amide bonds. The van der Waals surface area contributed by atoms with Crippen molar-refractivity contribution in [3.8, 4) is 17.1 Å². The third kappa shape index (κ3) is 2.04. The highest BCUT2D eigenvalue weighted by Crippen LogP contribution is 2.21. The molecule has 4 nitrogen and oxygen atoms in total. The molecule has 0 unspecified atom stereocenters. The van der Waals surface area contributed by atoms with Gasteiger partial charge >= 0.3 is 0 Å². The van der Waals surface area contributed by atoms with Crippen molar-refractivity contribution in [2.75, 3.05) is 0 Å². The molecule has 18 heavy (non-hydrogen) atoms. The highest BCUT2D eigenvalue weighted by molar-refractivity contribution is 9.10. The van der Waals surface area contributed by atoms with Gasteiger partial charge < -0.3 is 0 Å². The van der Waals surface area contributed by atoms with E-state index in [1.54, 1.807) is 10.9 Å². The summed E-state index contributed by atoms with van der Waals surface area (Å²) in [5.41, 5.74) is 2.52. The van der Waals surface area contributed by atoms with Crippen LogP contribution in [0.25, 0.3) is 17.1 Å². The van der Waals surface area contributed by atoms with Crippen LogP contribution in [0.3, 0.4) is 0 Å². The van der Waals surface area contributed by atoms with E-state index >= 15 is 0 Å². The number of hydrogen-bond donors (Lipinski definition) is 0. The number of nitrogens with zero attached hydrogens (tertiary/aromatic N) is 4. The van der Waals surface area contributed by atoms with Gasteiger partial charge in [0.2, 0.25) is 0 Å². The van der Waals surface area contributed by atoms with Gasteiger partial charge in [0, 0.05) is 10.7 Å². The molecule has 2 heterocycles. The summed E-state index contributed by atoms with van der Waals surface area (Å²) < 4.78 is 2.70. The van der Waals surface area contributed by atoms with Crippen molar-refractivity contribution in [1.82, 2.24) is 20.0 Å². The van der Waals surface area contributed by atoms with E-state index in [0.717, 1.165) is 21.5 Å². The van der Waals surface area contributed by atoms with Gasteiger partial charge in [0.1, 0.15) is 5.69 Å². The Morgan fingerprint density at radius 3 is 2.56 bits per heavy atom. The first-order valence-corrected chi connectivity index (χ1v) is 6.22. The largest absolute Gasteiger partial charge is 0.254 e. The molecule has 0 atom stereocenters. The zero-order valence-corrected chi connectivity index (χ0v) is 10.9. The minimum Gasteiger partial charge on any atom is -0.254 e. The lowest BCUT2D eigenvalue weighted by Crippen LogP contribution is -1.95. The van der Waals surface area contributed by atoms with E-state index in [4.69, 9.17) is 0 Å². The third-order valence-electron chi connectivity index (χ3n) is 2.52. The van der Waals surface area contributed by atoms with Gasteiger partial charge in [-0.15, -0.1) is 5.10 Å². The lowest BCUT2D eigenvalue weighted by atomic mass is 10.3. The van der Waals surface area contributed by atoms with E-state index in [1.165, 1.54) is 0 Å². The molecule has 0 saturated heterocycles. The van der Waals surface area contributed by atoms with Gasteiger partial charge in [0.25, 0.3) is 0 Å². The third-order valence-corrected chi connectivity index (χ3v) is 3.19. The second-order valence-corrected chi connectivity index (χ2v) is 4.57. The van der Waals surface area contributed by atoms with Crippen LogP contribution in [0.5, 0.6) is 0 Å². The number of benzene rings is 1. The SMILES string of the molecule is Brc1ccccc1-n1cc(-c2ccccn2)nn1. The van der Waals surface area contributed by atoms with Crippen LogP contribution in [-0.4, -0.2) is 20.0 Å². The van der Waals surface area contributed by atoms with Crippen LogP contribution < -0.4 is 0 Å². The highest BCUT2D eigenvalue weighted by Gasteiger charge is 2.07. The van der Waals surface area contributed by atoms with Crippen molar-refractivity contribution in [2.24, 2.45) is 0 Å². The van der Waals surface area contributed by atoms with E-state index in [0.29, 0.717) is 0 Å². The predicted octanol–water partition coefficient (Wildman–Crippen LogP) is 3.09. The quantitative estimate of drug-likeness (QED) is 0.730. The predicted molar refractivity (Wildman–Crippen MR) is 72.3 cm³/mol. The lowest BCUT2D eigenvalue weighted by Gasteiger charge is -2.01. The molecule has 3 aromatic rings. The second kappa shape index (κ2) is 4.70. The van der Waals surface area contributed by atoms with Gasteiger partial charge in [0.05, 0.1) is 17.6 Å². The number of pyridine rings is 1. The molecular weight excluding hydrogens is 292 g/mol. The van der Waals surface area contributed by atoms with Crippen LogP contribution in [-0.2, 0) is 0 Å². The molecule has 0 bridgehead atoms. The first-order chi connectivity index (χ1) is 8.84. The van der Waals surface area contributed by atoms with Gasteiger partial charge in [-0.1, -0.05) is 23.4 Å². The number of rotatable bonds is 2. The maximum Gasteiger partial charge on any atom is 0.131 e. The zero-order chi connectivity index (χ0) is 12.4. The number of para-hydroxylation sites is 1. The molecule has 0 fully saturated rings. The van der Waals surface area contributed by atoms with Crippen LogP contribution in [0.15, 0.2) is 59.3 Å². The van der Waals surface area contributed by atoms with E-state index in [-0.39, 0.29) is 0 Å². The van der Waals surface area contributed by atoms with Gasteiger partial charge in [-0.2, -0.15) is 0 Å². The van der Waals surface area contributed by atoms with Crippen LogP contribution >= 0.6 is 15.9 Å². The van der Waals surface area contributed by atoms with Gasteiger partial charge in [-0.25, -0.2) is 4.68 Å². The molecular formula is C13H9BrN4. The molecule has 0 radical (unpaired) electrons. The standard InChI is InChI=1S/C13H9BrN4/c14-10-5-1-2-7-13(10)18-9-12(16-17-18)11-6-3-4-8-15-11/h1-9H. The molecule has 88 valence electrons. The fraction of sp³-hybridized carbons (Fsp3) is 0. The van der Waals surface area contributed by atoms with Gasteiger partial charge in [-0.3, -0.25) is 4.98 Å². The fourth-order valence-corrected chi connectivity index (χ4v) is 2.12. The Morgan fingerprint density at radius 1 is 0.944 bits per heavy atom. The molecule has 2 aromatic heterocycles. The van der Waals surface area contributed by atoms with Crippen molar-refractivity contribution >= 4 is 15.9 Å². The summed E-state index contributed by atoms with van der Waals surface area (Å²) in [6, 6.07) is 13.6. The maximum atomic E-state index is 4.25. The average molecular weight is 301 g/mol. The first-order valence-electron chi connectivity index (χ1n) is 5.43. The summed E-state index contributed by atoms with van der Waals surface area (Å²) in [5, 5.41) is 8.25. The highest BCUT2D eigenvalue weighted by atomic mass is 79.9. The van der Waals surface area contributed by atoms with Gasteiger partial charge in [-0.05, 0) is 40.2 Å². The Morgan fingerprint density at radius 2 is 1.78 bits per heavy atom. The minimum absolute atomic E-state index is 0.756. The summed E-state index contributed by atoms with van der Waals surface area (Å²) in [7, 11) is 0. The molecule has 0 saturated carbocycles. The first kappa shape index (κ1) is 11.1. The van der Waals surface area contributed by atoms with Crippen LogP contribution in [0, 0.1) is 0 Å². The van der Waals surface area contributed by atoms with E-state index < -0.39 is 0 Å². The summed E-state index contributed by atoms with van der Waals surface area (Å²) in [6.07, 6.45) is 3.61. The molecule has 0 aliphatic heterocycles. The summed E-state index contributed by atoms with van der Waals surface area (Å²) >= 11 is 3.49. The van der Waals surface area contributed by atoms with Crippen molar-refractivity contribution in [3.05, 3.63) is 59.3 Å². The minimum atomic E-state index is 0.756. The second-order valence-electron chi connectivity index (χ2n) is 3.71. The maximum absolute atomic E-state index is 4.25. The Labute approximate surface area is 112 Å². The average Bonchev–Trinajstić information content (AvgIpc) is 2.90. The monoisotopic (exact) mass is 300 g/mol. The van der Waals surface area contributed by atoms with E-state index in [9.17, 15) is 0 Å². The smallest absolute Gasteiger partial charge is 0.131 e. The molecule has 0 N–H and O–H groups in total.